The number of likely N-dealkylation sites (N-methyl/N-ethyl adjacent to an activating group) is 1. The quantitative estimate of drug-likeness (QED) is 0.642. The van der Waals surface area contributed by atoms with Crippen LogP contribution in [0.15, 0.2) is 48.8 Å². The van der Waals surface area contributed by atoms with Crippen LogP contribution in [0.5, 0.6) is 0 Å². The maximum atomic E-state index is 11.2. The van der Waals surface area contributed by atoms with Crippen LogP contribution in [0, 0.1) is 6.92 Å². The van der Waals surface area contributed by atoms with E-state index < -0.39 is 0 Å². The largest absolute Gasteiger partial charge is 0.365 e. The molecule has 8 nitrogen and oxygen atoms in total. The van der Waals surface area contributed by atoms with Crippen LogP contribution in [0.2, 0.25) is 0 Å². The lowest BCUT2D eigenvalue weighted by Crippen LogP contribution is -2.44. The third-order valence-electron chi connectivity index (χ3n) is 6.30. The van der Waals surface area contributed by atoms with Crippen LogP contribution >= 0.6 is 0 Å². The zero-order valence-corrected chi connectivity index (χ0v) is 18.5. The Balaban J connectivity index is 1.30. The van der Waals surface area contributed by atoms with Crippen LogP contribution in [0.1, 0.15) is 18.9 Å². The number of likely N-dealkylation sites (tertiary alicyclic amines) is 1. The van der Waals surface area contributed by atoms with Crippen molar-refractivity contribution in [1.82, 2.24) is 19.9 Å². The Kier molecular flexibility index (Phi) is 5.22. The van der Waals surface area contributed by atoms with Crippen LogP contribution < -0.4 is 15.5 Å². The molecule has 0 saturated carbocycles. The monoisotopic (exact) mass is 429 g/mol. The highest BCUT2D eigenvalue weighted by molar-refractivity contribution is 5.87. The average molecular weight is 430 g/mol. The van der Waals surface area contributed by atoms with E-state index in [-0.39, 0.29) is 5.91 Å². The van der Waals surface area contributed by atoms with Gasteiger partial charge in [0.15, 0.2) is 0 Å². The van der Waals surface area contributed by atoms with Crippen molar-refractivity contribution in [3.63, 3.8) is 0 Å². The summed E-state index contributed by atoms with van der Waals surface area (Å²) >= 11 is 0. The standard InChI is InChI=1S/C24H27N7O/c1-15-10-18(5-6-22(15)31-14-19-11-20(31)13-30(19)3)28-24-25-9-8-21(29-24)17-4-7-23(26-12-17)27-16(2)32/h4-10,12,19-20H,11,13-14H2,1-3H3,(H,25,28,29)(H,26,27,32)/t19-,20-/m0/s1. The van der Waals surface area contributed by atoms with Gasteiger partial charge in [0.1, 0.15) is 5.82 Å². The number of fused-ring (bicyclic) bond motifs is 2. The summed E-state index contributed by atoms with van der Waals surface area (Å²) in [5.41, 5.74) is 5.14. The van der Waals surface area contributed by atoms with Crippen molar-refractivity contribution in [2.45, 2.75) is 32.4 Å². The number of hydrogen-bond acceptors (Lipinski definition) is 7. The van der Waals surface area contributed by atoms with Gasteiger partial charge in [-0.3, -0.25) is 9.69 Å². The first-order valence-corrected chi connectivity index (χ1v) is 10.9. The van der Waals surface area contributed by atoms with Crippen molar-refractivity contribution in [2.75, 3.05) is 35.7 Å². The predicted molar refractivity (Wildman–Crippen MR) is 126 cm³/mol. The third-order valence-corrected chi connectivity index (χ3v) is 6.30. The Bertz CT molecular complexity index is 1150. The summed E-state index contributed by atoms with van der Waals surface area (Å²) < 4.78 is 0. The number of nitrogens with zero attached hydrogens (tertiary/aromatic N) is 5. The molecule has 0 radical (unpaired) electrons. The minimum atomic E-state index is -0.148. The Hall–Kier alpha value is -3.52. The number of benzene rings is 1. The number of piperazine rings is 1. The lowest BCUT2D eigenvalue weighted by atomic mass is 10.1. The summed E-state index contributed by atoms with van der Waals surface area (Å²) in [6, 6.07) is 13.2. The highest BCUT2D eigenvalue weighted by Crippen LogP contribution is 2.36. The van der Waals surface area contributed by atoms with Gasteiger partial charge in [0.2, 0.25) is 11.9 Å². The first-order valence-electron chi connectivity index (χ1n) is 10.9. The number of aryl methyl sites for hydroxylation is 1. The van der Waals surface area contributed by atoms with Gasteiger partial charge in [-0.05, 0) is 62.4 Å². The molecular formula is C24H27N7O. The highest BCUT2D eigenvalue weighted by Gasteiger charge is 2.41. The number of pyridine rings is 1. The molecule has 164 valence electrons. The highest BCUT2D eigenvalue weighted by atomic mass is 16.1. The molecule has 2 aromatic heterocycles. The number of rotatable bonds is 5. The van der Waals surface area contributed by atoms with Crippen LogP contribution in [-0.4, -0.2) is 58.0 Å². The lowest BCUT2D eigenvalue weighted by Gasteiger charge is -2.34. The first kappa shape index (κ1) is 20.4. The molecule has 2 fully saturated rings. The molecule has 2 saturated heterocycles. The van der Waals surface area contributed by atoms with Crippen molar-refractivity contribution < 1.29 is 4.79 Å². The Morgan fingerprint density at radius 1 is 1.09 bits per heavy atom. The topological polar surface area (TPSA) is 86.3 Å². The van der Waals surface area contributed by atoms with Crippen molar-refractivity contribution in [1.29, 1.82) is 0 Å². The number of aromatic nitrogens is 3. The van der Waals surface area contributed by atoms with Gasteiger partial charge in [-0.25, -0.2) is 15.0 Å². The van der Waals surface area contributed by atoms with Crippen molar-refractivity contribution in [2.24, 2.45) is 0 Å². The molecule has 32 heavy (non-hydrogen) atoms. The molecule has 2 atom stereocenters. The molecule has 5 rings (SSSR count). The van der Waals surface area contributed by atoms with Gasteiger partial charge >= 0.3 is 0 Å². The normalized spacial score (nSPS) is 19.9. The van der Waals surface area contributed by atoms with E-state index in [1.54, 1.807) is 18.5 Å². The maximum Gasteiger partial charge on any atom is 0.227 e. The zero-order chi connectivity index (χ0) is 22.2. The molecule has 0 spiro atoms. The fraction of sp³-hybridized carbons (Fsp3) is 0.333. The van der Waals surface area contributed by atoms with Gasteiger partial charge in [-0.2, -0.15) is 0 Å². The van der Waals surface area contributed by atoms with E-state index in [1.165, 1.54) is 24.6 Å². The molecule has 2 aliphatic heterocycles. The minimum Gasteiger partial charge on any atom is -0.365 e. The number of carbonyl (C=O) groups excluding carboxylic acids is 1. The smallest absolute Gasteiger partial charge is 0.227 e. The first-order chi connectivity index (χ1) is 15.5. The van der Waals surface area contributed by atoms with Crippen LogP contribution in [0.3, 0.4) is 0 Å². The van der Waals surface area contributed by atoms with Gasteiger partial charge in [0, 0.05) is 61.4 Å². The van der Waals surface area contributed by atoms with Gasteiger partial charge in [0.25, 0.3) is 0 Å². The number of anilines is 4. The molecule has 1 aromatic carbocycles. The molecule has 4 heterocycles. The molecular weight excluding hydrogens is 402 g/mol. The summed E-state index contributed by atoms with van der Waals surface area (Å²) in [6.45, 7) is 5.87. The SMILES string of the molecule is CC(=O)Nc1ccc(-c2ccnc(Nc3ccc(N4C[C@@H]5C[C@H]4CN5C)c(C)c3)n2)cn1. The van der Waals surface area contributed by atoms with Crippen LogP contribution in [0.4, 0.5) is 23.1 Å². The molecule has 2 bridgehead atoms. The predicted octanol–water partition coefficient (Wildman–Crippen LogP) is 3.44. The van der Waals surface area contributed by atoms with Crippen LogP contribution in [-0.2, 0) is 4.79 Å². The molecule has 8 heteroatoms. The van der Waals surface area contributed by atoms with E-state index in [9.17, 15) is 4.79 Å². The second kappa shape index (κ2) is 8.20. The van der Waals surface area contributed by atoms with E-state index >= 15 is 0 Å². The summed E-state index contributed by atoms with van der Waals surface area (Å²) in [5, 5.41) is 5.99. The lowest BCUT2D eigenvalue weighted by molar-refractivity contribution is -0.114. The third kappa shape index (κ3) is 4.01. The molecule has 0 aliphatic carbocycles. The van der Waals surface area contributed by atoms with E-state index in [4.69, 9.17) is 0 Å². The van der Waals surface area contributed by atoms with Crippen molar-refractivity contribution >= 4 is 29.0 Å². The summed E-state index contributed by atoms with van der Waals surface area (Å²) in [5.74, 6) is 0.897. The minimum absolute atomic E-state index is 0.148. The second-order valence-corrected chi connectivity index (χ2v) is 8.64. The maximum absolute atomic E-state index is 11.2. The average Bonchev–Trinajstić information content (AvgIpc) is 3.34. The number of hydrogen-bond donors (Lipinski definition) is 2. The molecule has 1 amide bonds. The number of carbonyl (C=O) groups is 1. The second-order valence-electron chi connectivity index (χ2n) is 8.64. The fourth-order valence-corrected chi connectivity index (χ4v) is 4.72. The van der Waals surface area contributed by atoms with Gasteiger partial charge < -0.3 is 15.5 Å². The number of amides is 1. The molecule has 3 aromatic rings. The van der Waals surface area contributed by atoms with Crippen molar-refractivity contribution in [3.8, 4) is 11.3 Å². The summed E-state index contributed by atoms with van der Waals surface area (Å²) in [6.07, 6.45) is 4.68. The van der Waals surface area contributed by atoms with E-state index in [2.05, 4.69) is 67.6 Å². The molecule has 2 aliphatic rings. The van der Waals surface area contributed by atoms with E-state index in [0.717, 1.165) is 30.0 Å². The van der Waals surface area contributed by atoms with Crippen LogP contribution in [0.25, 0.3) is 11.3 Å². The summed E-state index contributed by atoms with van der Waals surface area (Å²) in [4.78, 5) is 29.5. The Morgan fingerprint density at radius 3 is 2.62 bits per heavy atom. The zero-order valence-electron chi connectivity index (χ0n) is 18.5. The fourth-order valence-electron chi connectivity index (χ4n) is 4.72. The molecule has 0 unspecified atom stereocenters. The Labute approximate surface area is 187 Å². The van der Waals surface area contributed by atoms with Gasteiger partial charge in [-0.15, -0.1) is 0 Å². The van der Waals surface area contributed by atoms with Gasteiger partial charge in [0.05, 0.1) is 5.69 Å². The van der Waals surface area contributed by atoms with E-state index in [1.807, 2.05) is 12.1 Å². The van der Waals surface area contributed by atoms with Crippen molar-refractivity contribution in [3.05, 3.63) is 54.4 Å². The van der Waals surface area contributed by atoms with E-state index in [0.29, 0.717) is 23.8 Å². The van der Waals surface area contributed by atoms with Gasteiger partial charge in [-0.1, -0.05) is 0 Å². The summed E-state index contributed by atoms with van der Waals surface area (Å²) in [7, 11) is 2.23. The Morgan fingerprint density at radius 2 is 1.97 bits per heavy atom. The molecule has 2 N–H and O–H groups in total. The number of nitrogens with one attached hydrogen (secondary N) is 2.